The van der Waals surface area contributed by atoms with E-state index in [1.165, 1.54) is 6.42 Å². The Morgan fingerprint density at radius 1 is 1.40 bits per heavy atom. The second-order valence-electron chi connectivity index (χ2n) is 3.06. The maximum absolute atomic E-state index is 9.32. The van der Waals surface area contributed by atoms with Crippen molar-refractivity contribution in [2.45, 2.75) is 38.3 Å². The van der Waals surface area contributed by atoms with Gasteiger partial charge in [0.15, 0.2) is 0 Å². The Hall–Kier alpha value is 0.210. The van der Waals surface area contributed by atoms with E-state index >= 15 is 0 Å². The molecule has 0 amide bonds. The van der Waals surface area contributed by atoms with Crippen LogP contribution < -0.4 is 5.73 Å². The van der Waals surface area contributed by atoms with Gasteiger partial charge >= 0.3 is 0 Å². The lowest BCUT2D eigenvalue weighted by atomic mass is 9.85. The van der Waals surface area contributed by atoms with Gasteiger partial charge in [0, 0.05) is 6.04 Å². The number of aliphatic hydroxyl groups is 1. The van der Waals surface area contributed by atoms with Gasteiger partial charge in [-0.2, -0.15) is 0 Å². The van der Waals surface area contributed by atoms with Crippen LogP contribution in [-0.4, -0.2) is 17.3 Å². The average molecular weight is 166 g/mol. The van der Waals surface area contributed by atoms with E-state index in [1.54, 1.807) is 0 Å². The van der Waals surface area contributed by atoms with Gasteiger partial charge in [-0.25, -0.2) is 0 Å². The molecule has 3 atom stereocenters. The first kappa shape index (κ1) is 10.2. The highest BCUT2D eigenvalue weighted by Gasteiger charge is 2.25. The van der Waals surface area contributed by atoms with Gasteiger partial charge in [0.25, 0.3) is 0 Å². The highest BCUT2D eigenvalue weighted by molar-refractivity contribution is 5.85. The SMILES string of the molecule is CC1CCCC(N)C1O.Cl. The molecule has 0 aromatic rings. The summed E-state index contributed by atoms with van der Waals surface area (Å²) in [6, 6.07) is 0.0359. The Labute approximate surface area is 68.2 Å². The van der Waals surface area contributed by atoms with Crippen molar-refractivity contribution in [3.8, 4) is 0 Å². The minimum Gasteiger partial charge on any atom is -0.391 e. The molecule has 1 aliphatic rings. The van der Waals surface area contributed by atoms with Crippen molar-refractivity contribution >= 4 is 12.4 Å². The quantitative estimate of drug-likeness (QED) is 0.561. The van der Waals surface area contributed by atoms with E-state index in [1.807, 2.05) is 0 Å². The highest BCUT2D eigenvalue weighted by Crippen LogP contribution is 2.22. The molecular formula is C7H16ClNO. The van der Waals surface area contributed by atoms with Crippen LogP contribution in [0, 0.1) is 5.92 Å². The summed E-state index contributed by atoms with van der Waals surface area (Å²) in [6.45, 7) is 2.06. The third-order valence-electron chi connectivity index (χ3n) is 2.22. The number of halogens is 1. The maximum atomic E-state index is 9.32. The van der Waals surface area contributed by atoms with Gasteiger partial charge in [0.1, 0.15) is 0 Å². The molecule has 0 saturated heterocycles. The third kappa shape index (κ3) is 2.11. The van der Waals surface area contributed by atoms with E-state index < -0.39 is 0 Å². The Morgan fingerprint density at radius 3 is 2.40 bits per heavy atom. The smallest absolute Gasteiger partial charge is 0.0716 e. The molecule has 1 rings (SSSR count). The molecule has 0 aromatic carbocycles. The summed E-state index contributed by atoms with van der Waals surface area (Å²) in [6.07, 6.45) is 3.05. The summed E-state index contributed by atoms with van der Waals surface area (Å²) >= 11 is 0. The Bertz CT molecular complexity index is 89.6. The van der Waals surface area contributed by atoms with Gasteiger partial charge in [0.2, 0.25) is 0 Å². The highest BCUT2D eigenvalue weighted by atomic mass is 35.5. The summed E-state index contributed by atoms with van der Waals surface area (Å²) < 4.78 is 0. The second-order valence-corrected chi connectivity index (χ2v) is 3.06. The zero-order valence-electron chi connectivity index (χ0n) is 6.29. The first-order chi connectivity index (χ1) is 4.22. The number of nitrogens with two attached hydrogens (primary N) is 1. The van der Waals surface area contributed by atoms with E-state index in [0.29, 0.717) is 5.92 Å². The normalized spacial score (nSPS) is 40.5. The first-order valence-corrected chi connectivity index (χ1v) is 3.65. The van der Waals surface area contributed by atoms with Gasteiger partial charge in [0.05, 0.1) is 6.10 Å². The van der Waals surface area contributed by atoms with Crippen molar-refractivity contribution < 1.29 is 5.11 Å². The topological polar surface area (TPSA) is 46.2 Å². The van der Waals surface area contributed by atoms with Crippen LogP contribution in [0.15, 0.2) is 0 Å². The van der Waals surface area contributed by atoms with Crippen LogP contribution >= 0.6 is 12.4 Å². The molecule has 0 aliphatic heterocycles. The fourth-order valence-electron chi connectivity index (χ4n) is 1.44. The number of hydrogen-bond donors (Lipinski definition) is 2. The maximum Gasteiger partial charge on any atom is 0.0716 e. The standard InChI is InChI=1S/C7H15NO.ClH/c1-5-3-2-4-6(8)7(5)9;/h5-7,9H,2-4,8H2,1H3;1H. The predicted molar refractivity (Wildman–Crippen MR) is 44.2 cm³/mol. The summed E-state index contributed by atoms with van der Waals surface area (Å²) in [5.74, 6) is 0.411. The van der Waals surface area contributed by atoms with E-state index in [2.05, 4.69) is 6.92 Å². The summed E-state index contributed by atoms with van der Waals surface area (Å²) in [5.41, 5.74) is 5.62. The van der Waals surface area contributed by atoms with E-state index in [9.17, 15) is 5.11 Å². The number of aliphatic hydroxyl groups excluding tert-OH is 1. The van der Waals surface area contributed by atoms with Crippen molar-refractivity contribution in [3.63, 3.8) is 0 Å². The second kappa shape index (κ2) is 4.16. The Morgan fingerprint density at radius 2 is 2.00 bits per heavy atom. The van der Waals surface area contributed by atoms with Crippen LogP contribution in [0.5, 0.6) is 0 Å². The number of hydrogen-bond acceptors (Lipinski definition) is 2. The van der Waals surface area contributed by atoms with Crippen molar-refractivity contribution in [1.29, 1.82) is 0 Å². The molecule has 0 spiro atoms. The zero-order valence-corrected chi connectivity index (χ0v) is 7.10. The largest absolute Gasteiger partial charge is 0.391 e. The van der Waals surface area contributed by atoms with Crippen molar-refractivity contribution in [1.82, 2.24) is 0 Å². The molecule has 3 unspecified atom stereocenters. The van der Waals surface area contributed by atoms with E-state index in [-0.39, 0.29) is 24.6 Å². The molecule has 0 radical (unpaired) electrons. The van der Waals surface area contributed by atoms with Crippen LogP contribution in [0.3, 0.4) is 0 Å². The number of rotatable bonds is 0. The van der Waals surface area contributed by atoms with Gasteiger partial charge in [-0.3, -0.25) is 0 Å². The molecule has 1 fully saturated rings. The van der Waals surface area contributed by atoms with Crippen molar-refractivity contribution in [2.24, 2.45) is 11.7 Å². The van der Waals surface area contributed by atoms with Crippen molar-refractivity contribution in [3.05, 3.63) is 0 Å². The summed E-state index contributed by atoms with van der Waals surface area (Å²) in [4.78, 5) is 0. The Balaban J connectivity index is 0.000000810. The van der Waals surface area contributed by atoms with E-state index in [4.69, 9.17) is 5.73 Å². The third-order valence-corrected chi connectivity index (χ3v) is 2.22. The molecule has 3 heteroatoms. The predicted octanol–water partition coefficient (Wildman–Crippen LogP) is 0.916. The zero-order chi connectivity index (χ0) is 6.85. The van der Waals surface area contributed by atoms with Crippen LogP contribution in [0.4, 0.5) is 0 Å². The van der Waals surface area contributed by atoms with Gasteiger partial charge in [-0.15, -0.1) is 12.4 Å². The monoisotopic (exact) mass is 165 g/mol. The molecule has 2 nitrogen and oxygen atoms in total. The molecule has 1 saturated carbocycles. The minimum atomic E-state index is -0.251. The van der Waals surface area contributed by atoms with Crippen molar-refractivity contribution in [2.75, 3.05) is 0 Å². The fraction of sp³-hybridized carbons (Fsp3) is 1.00. The van der Waals surface area contributed by atoms with Gasteiger partial charge in [-0.1, -0.05) is 13.3 Å². The Kier molecular flexibility index (Phi) is 4.25. The van der Waals surface area contributed by atoms with Crippen LogP contribution in [-0.2, 0) is 0 Å². The lowest BCUT2D eigenvalue weighted by Crippen LogP contribution is -2.42. The summed E-state index contributed by atoms with van der Waals surface area (Å²) in [7, 11) is 0. The fourth-order valence-corrected chi connectivity index (χ4v) is 1.44. The molecule has 0 bridgehead atoms. The average Bonchev–Trinajstić information content (AvgIpc) is 1.83. The minimum absolute atomic E-state index is 0. The first-order valence-electron chi connectivity index (χ1n) is 3.65. The molecule has 1 aliphatic carbocycles. The lowest BCUT2D eigenvalue weighted by molar-refractivity contribution is 0.0601. The lowest BCUT2D eigenvalue weighted by Gasteiger charge is -2.29. The van der Waals surface area contributed by atoms with Gasteiger partial charge in [-0.05, 0) is 18.8 Å². The molecular weight excluding hydrogens is 150 g/mol. The van der Waals surface area contributed by atoms with Gasteiger partial charge < -0.3 is 10.8 Å². The van der Waals surface area contributed by atoms with Crippen LogP contribution in [0.2, 0.25) is 0 Å². The molecule has 62 valence electrons. The molecule has 0 aromatic heterocycles. The molecule has 10 heavy (non-hydrogen) atoms. The molecule has 3 N–H and O–H groups in total. The van der Waals surface area contributed by atoms with Crippen LogP contribution in [0.1, 0.15) is 26.2 Å². The van der Waals surface area contributed by atoms with Crippen LogP contribution in [0.25, 0.3) is 0 Å². The molecule has 0 heterocycles. The summed E-state index contributed by atoms with van der Waals surface area (Å²) in [5, 5.41) is 9.32. The van der Waals surface area contributed by atoms with E-state index in [0.717, 1.165) is 12.8 Å².